The summed E-state index contributed by atoms with van der Waals surface area (Å²) in [7, 11) is 0. The van der Waals surface area contributed by atoms with E-state index < -0.39 is 11.6 Å². The Hall–Kier alpha value is -2.61. The minimum absolute atomic E-state index is 0.0371. The summed E-state index contributed by atoms with van der Waals surface area (Å²) in [5, 5.41) is 8.01. The number of imide groups is 1. The third-order valence-corrected chi connectivity index (χ3v) is 7.23. The molecule has 1 aromatic carbocycles. The van der Waals surface area contributed by atoms with Crippen molar-refractivity contribution in [2.45, 2.75) is 64.1 Å². The normalized spacial score (nSPS) is 28.9. The first-order valence-corrected chi connectivity index (χ1v) is 11.8. The van der Waals surface area contributed by atoms with Gasteiger partial charge in [0.25, 0.3) is 5.91 Å². The highest BCUT2D eigenvalue weighted by atomic mass is 16.2. The van der Waals surface area contributed by atoms with Crippen molar-refractivity contribution in [3.8, 4) is 0 Å². The maximum atomic E-state index is 12.9. The van der Waals surface area contributed by atoms with Crippen molar-refractivity contribution >= 4 is 18.0 Å². The molecule has 3 unspecified atom stereocenters. The van der Waals surface area contributed by atoms with Crippen LogP contribution in [0.15, 0.2) is 24.3 Å². The Labute approximate surface area is 190 Å². The molecule has 3 fully saturated rings. The van der Waals surface area contributed by atoms with Crippen molar-refractivity contribution in [3.63, 3.8) is 0 Å². The Morgan fingerprint density at radius 2 is 2.03 bits per heavy atom. The molecule has 4 rings (SSSR count). The number of carbonyl (C=O) groups is 3. The summed E-state index contributed by atoms with van der Waals surface area (Å²) in [6.07, 6.45) is 6.11. The topological polar surface area (TPSA) is 93.8 Å². The molecule has 1 aromatic rings. The largest absolute Gasteiger partial charge is 0.334 e. The van der Waals surface area contributed by atoms with Crippen LogP contribution in [0.3, 0.4) is 0 Å². The third-order valence-electron chi connectivity index (χ3n) is 7.23. The maximum Gasteiger partial charge on any atom is 0.322 e. The van der Waals surface area contributed by atoms with Gasteiger partial charge in [0.2, 0.25) is 0 Å². The van der Waals surface area contributed by atoms with Crippen molar-refractivity contribution in [2.24, 2.45) is 5.92 Å². The molecule has 3 aliphatic rings. The van der Waals surface area contributed by atoms with E-state index in [2.05, 4.69) is 27.8 Å². The van der Waals surface area contributed by atoms with E-state index in [4.69, 9.17) is 0 Å². The summed E-state index contributed by atoms with van der Waals surface area (Å²) in [6, 6.07) is 7.55. The Morgan fingerprint density at radius 1 is 1.19 bits per heavy atom. The number of benzene rings is 1. The average molecular weight is 442 g/mol. The van der Waals surface area contributed by atoms with Gasteiger partial charge in [-0.25, -0.2) is 9.59 Å². The molecule has 5 amide bonds. The summed E-state index contributed by atoms with van der Waals surface area (Å²) in [4.78, 5) is 41.2. The summed E-state index contributed by atoms with van der Waals surface area (Å²) < 4.78 is 0. The van der Waals surface area contributed by atoms with Crippen LogP contribution in [0.2, 0.25) is 0 Å². The zero-order valence-electron chi connectivity index (χ0n) is 19.2. The fraction of sp³-hybridized carbons (Fsp3) is 0.625. The molecule has 3 aliphatic heterocycles. The van der Waals surface area contributed by atoms with Crippen LogP contribution in [-0.2, 0) is 16.9 Å². The van der Waals surface area contributed by atoms with Crippen LogP contribution < -0.4 is 16.0 Å². The summed E-state index contributed by atoms with van der Waals surface area (Å²) in [5.41, 5.74) is 0.492. The predicted octanol–water partition coefficient (Wildman–Crippen LogP) is 2.54. The lowest BCUT2D eigenvalue weighted by Gasteiger charge is -2.39. The minimum Gasteiger partial charge on any atom is -0.334 e. The first kappa shape index (κ1) is 22.6. The number of piperidine rings is 2. The van der Waals surface area contributed by atoms with Crippen molar-refractivity contribution in [1.82, 2.24) is 25.8 Å². The van der Waals surface area contributed by atoms with Gasteiger partial charge in [-0.3, -0.25) is 10.1 Å². The van der Waals surface area contributed by atoms with Crippen LogP contribution in [0.5, 0.6) is 0 Å². The molecule has 0 radical (unpaired) electrons. The second kappa shape index (κ2) is 9.48. The first-order valence-electron chi connectivity index (χ1n) is 11.8. The van der Waals surface area contributed by atoms with E-state index in [1.165, 1.54) is 32.2 Å². The van der Waals surface area contributed by atoms with Gasteiger partial charge in [0.05, 0.1) is 0 Å². The number of hydrogen-bond acceptors (Lipinski definition) is 4. The van der Waals surface area contributed by atoms with Gasteiger partial charge in [-0.05, 0) is 63.1 Å². The predicted molar refractivity (Wildman–Crippen MR) is 122 cm³/mol. The second-order valence-electron chi connectivity index (χ2n) is 9.69. The molecule has 0 aliphatic carbocycles. The Balaban J connectivity index is 1.32. The number of urea groups is 2. The number of nitrogens with zero attached hydrogens (tertiary/aromatic N) is 2. The van der Waals surface area contributed by atoms with Gasteiger partial charge in [-0.2, -0.15) is 0 Å². The monoisotopic (exact) mass is 441 g/mol. The molecule has 8 nitrogen and oxygen atoms in total. The highest BCUT2D eigenvalue weighted by Gasteiger charge is 2.43. The number of amides is 5. The lowest BCUT2D eigenvalue weighted by molar-refractivity contribution is -0.123. The third kappa shape index (κ3) is 4.90. The molecule has 0 bridgehead atoms. The van der Waals surface area contributed by atoms with E-state index in [1.54, 1.807) is 6.92 Å². The van der Waals surface area contributed by atoms with Crippen LogP contribution in [0.4, 0.5) is 9.59 Å². The zero-order chi connectivity index (χ0) is 22.7. The van der Waals surface area contributed by atoms with E-state index in [0.29, 0.717) is 24.1 Å². The Bertz CT molecular complexity index is 875. The van der Waals surface area contributed by atoms with Gasteiger partial charge in [0, 0.05) is 32.2 Å². The minimum atomic E-state index is -1.09. The lowest BCUT2D eigenvalue weighted by atomic mass is 9.91. The maximum absolute atomic E-state index is 12.9. The molecule has 0 spiro atoms. The van der Waals surface area contributed by atoms with E-state index >= 15 is 0 Å². The van der Waals surface area contributed by atoms with Gasteiger partial charge in [0.15, 0.2) is 0 Å². The summed E-state index contributed by atoms with van der Waals surface area (Å²) >= 11 is 0. The SMILES string of the molecule is CC1CCCCN1CC1CCCN(C(=O)NCc2cccc(C3(C)NC(=O)NC3=O)c2)C1. The smallest absolute Gasteiger partial charge is 0.322 e. The fourth-order valence-corrected chi connectivity index (χ4v) is 5.19. The second-order valence-corrected chi connectivity index (χ2v) is 9.69. The zero-order valence-corrected chi connectivity index (χ0v) is 19.2. The van der Waals surface area contributed by atoms with Crippen molar-refractivity contribution in [1.29, 1.82) is 0 Å². The number of hydrogen-bond donors (Lipinski definition) is 3. The molecule has 0 saturated carbocycles. The number of likely N-dealkylation sites (tertiary alicyclic amines) is 2. The molecule has 3 atom stereocenters. The van der Waals surface area contributed by atoms with E-state index in [-0.39, 0.29) is 11.9 Å². The molecule has 174 valence electrons. The van der Waals surface area contributed by atoms with E-state index in [9.17, 15) is 14.4 Å². The van der Waals surface area contributed by atoms with Crippen LogP contribution in [0.25, 0.3) is 0 Å². The molecule has 3 N–H and O–H groups in total. The molecule has 0 aromatic heterocycles. The highest BCUT2D eigenvalue weighted by Crippen LogP contribution is 2.25. The van der Waals surface area contributed by atoms with E-state index in [0.717, 1.165) is 31.6 Å². The number of rotatable bonds is 5. The summed E-state index contributed by atoms with van der Waals surface area (Å²) in [6.45, 7) is 8.24. The molecule has 3 heterocycles. The van der Waals surface area contributed by atoms with Crippen molar-refractivity contribution < 1.29 is 14.4 Å². The standard InChI is InChI=1S/C24H35N5O3/c1-17-7-3-4-11-28(17)15-19-9-6-12-29(16-19)23(32)25-14-18-8-5-10-20(13-18)24(2)21(30)26-22(31)27-24/h5,8,10,13,17,19H,3-4,6-7,9,11-12,14-16H2,1-2H3,(H,25,32)(H2,26,27,30,31). The van der Waals surface area contributed by atoms with Crippen LogP contribution >= 0.6 is 0 Å². The van der Waals surface area contributed by atoms with Gasteiger partial charge < -0.3 is 20.4 Å². The van der Waals surface area contributed by atoms with Gasteiger partial charge in [0.1, 0.15) is 5.54 Å². The highest BCUT2D eigenvalue weighted by molar-refractivity contribution is 6.07. The average Bonchev–Trinajstić information content (AvgIpc) is 3.06. The van der Waals surface area contributed by atoms with Gasteiger partial charge in [-0.1, -0.05) is 30.7 Å². The van der Waals surface area contributed by atoms with Crippen LogP contribution in [0, 0.1) is 5.92 Å². The van der Waals surface area contributed by atoms with Crippen molar-refractivity contribution in [3.05, 3.63) is 35.4 Å². The van der Waals surface area contributed by atoms with E-state index in [1.807, 2.05) is 29.2 Å². The summed E-state index contributed by atoms with van der Waals surface area (Å²) in [5.74, 6) is 0.161. The molecule has 32 heavy (non-hydrogen) atoms. The Morgan fingerprint density at radius 3 is 2.78 bits per heavy atom. The van der Waals surface area contributed by atoms with Crippen molar-refractivity contribution in [2.75, 3.05) is 26.2 Å². The fourth-order valence-electron chi connectivity index (χ4n) is 5.19. The molecule has 8 heteroatoms. The lowest BCUT2D eigenvalue weighted by Crippen LogP contribution is -2.49. The molecule has 3 saturated heterocycles. The first-order chi connectivity index (χ1) is 15.3. The number of carbonyl (C=O) groups excluding carboxylic acids is 3. The molecular formula is C24H35N5O3. The van der Waals surface area contributed by atoms with Gasteiger partial charge in [-0.15, -0.1) is 0 Å². The molecular weight excluding hydrogens is 406 g/mol. The quantitative estimate of drug-likeness (QED) is 0.612. The Kier molecular flexibility index (Phi) is 6.69. The van der Waals surface area contributed by atoms with Crippen LogP contribution in [0.1, 0.15) is 57.1 Å². The van der Waals surface area contributed by atoms with Crippen LogP contribution in [-0.4, -0.2) is 60.0 Å². The number of nitrogens with one attached hydrogen (secondary N) is 3. The van der Waals surface area contributed by atoms with Gasteiger partial charge >= 0.3 is 12.1 Å².